The number of benzene rings is 4. The van der Waals surface area contributed by atoms with E-state index < -0.39 is 46.9 Å². The highest BCUT2D eigenvalue weighted by atomic mass is 32.1. The van der Waals surface area contributed by atoms with E-state index in [1.807, 2.05) is 62.7 Å². The molecule has 386 valence electrons. The second kappa shape index (κ2) is 22.4. The Hall–Kier alpha value is -7.34. The van der Waals surface area contributed by atoms with Crippen LogP contribution in [0.4, 0.5) is 24.5 Å². The first-order valence-corrected chi connectivity index (χ1v) is 25.4. The fraction of sp³-hybridized carbons (Fsp3) is 0.352. The highest BCUT2D eigenvalue weighted by Gasteiger charge is 2.51. The predicted molar refractivity (Wildman–Crippen MR) is 277 cm³/mol. The molecule has 15 nitrogen and oxygen atoms in total. The van der Waals surface area contributed by atoms with Gasteiger partial charge in [-0.3, -0.25) is 24.0 Å². The van der Waals surface area contributed by atoms with Crippen molar-refractivity contribution >= 4 is 57.8 Å². The monoisotopic (exact) mass is 1050 g/mol. The molecule has 0 unspecified atom stereocenters. The number of ether oxygens (including phenoxy) is 3. The number of thiazole rings is 1. The second-order valence-corrected chi connectivity index (χ2v) is 20.1. The Morgan fingerprint density at radius 1 is 0.946 bits per heavy atom. The maximum atomic E-state index is 14.2. The van der Waals surface area contributed by atoms with Crippen molar-refractivity contribution in [2.45, 2.75) is 96.7 Å². The fourth-order valence-corrected chi connectivity index (χ4v) is 10.4. The second-order valence-electron chi connectivity index (χ2n) is 18.9. The molecule has 0 spiro atoms. The van der Waals surface area contributed by atoms with Crippen molar-refractivity contribution in [1.29, 1.82) is 5.26 Å². The topological polar surface area (TPSA) is 175 Å². The Kier molecular flexibility index (Phi) is 16.0. The first-order chi connectivity index (χ1) is 35.3. The average molecular weight is 1050 g/mol. The number of aromatic nitrogens is 3. The molecule has 3 amide bonds. The maximum absolute atomic E-state index is 14.2. The smallest absolute Gasteiger partial charge is 0.417 e. The van der Waals surface area contributed by atoms with Crippen LogP contribution in [-0.4, -0.2) is 85.0 Å². The average Bonchev–Trinajstić information content (AvgIpc) is 4.16. The number of nitriles is 1. The van der Waals surface area contributed by atoms with Crippen LogP contribution < -0.4 is 29.3 Å². The van der Waals surface area contributed by atoms with E-state index in [0.717, 1.165) is 58.0 Å². The number of carbonyl (C=O) groups is 3. The zero-order valence-electron chi connectivity index (χ0n) is 41.3. The van der Waals surface area contributed by atoms with Crippen molar-refractivity contribution in [3.63, 3.8) is 0 Å². The number of unbranched alkanes of at least 4 members (excludes halogenated alkanes) is 2. The lowest BCUT2D eigenvalue weighted by molar-refractivity contribution is -0.142. The molecule has 2 N–H and O–H groups in total. The fourth-order valence-electron chi connectivity index (χ4n) is 9.04. The molecule has 2 fully saturated rings. The van der Waals surface area contributed by atoms with Gasteiger partial charge in [0.1, 0.15) is 34.9 Å². The summed E-state index contributed by atoms with van der Waals surface area (Å²) >= 11 is 7.22. The van der Waals surface area contributed by atoms with Crippen molar-refractivity contribution in [2.75, 3.05) is 29.6 Å². The number of halogens is 3. The minimum Gasteiger partial charge on any atom is -0.494 e. The van der Waals surface area contributed by atoms with Gasteiger partial charge in [0.15, 0.2) is 10.9 Å². The number of aliphatic hydroxyl groups is 1. The predicted octanol–water partition coefficient (Wildman–Crippen LogP) is 10.0. The van der Waals surface area contributed by atoms with E-state index >= 15 is 0 Å². The number of hydrogen-bond donors (Lipinski definition) is 2. The van der Waals surface area contributed by atoms with Gasteiger partial charge in [0.2, 0.25) is 11.8 Å². The molecule has 3 atom stereocenters. The standard InChI is InChI=1S/C54H55F3N8O7S2/c1-33(2)47(50(68)62-30-40(66)25-46(62)49(67)59-28-35-12-14-36(15-13-35)48-34(3)60-32-74-48)63-31-44(29-61-63)72-43-11-9-10-42(26-43)71-23-8-6-7-22-70-41-20-18-38(19-21-41)65-52(73)64(51(69)53(65,4)5)39-17-16-37(27-58)45(24-39)54(55,56)57/h9-21,24,26,29,31-33,40,46-47,66H,6-8,22-23,25,28,30H2,1-5H3,(H,59,67)/t40-,46+,47-/m1/s1. The van der Waals surface area contributed by atoms with Crippen LogP contribution in [-0.2, 0) is 27.1 Å². The normalized spacial score (nSPS) is 16.9. The molecule has 74 heavy (non-hydrogen) atoms. The number of aryl methyl sites for hydroxylation is 1. The van der Waals surface area contributed by atoms with E-state index in [-0.39, 0.29) is 48.0 Å². The third-order valence-electron chi connectivity index (χ3n) is 12.9. The van der Waals surface area contributed by atoms with E-state index in [9.17, 15) is 37.9 Å². The molecule has 0 bridgehead atoms. The number of rotatable bonds is 19. The van der Waals surface area contributed by atoms with Crippen molar-refractivity contribution < 1.29 is 46.9 Å². The Balaban J connectivity index is 0.780. The van der Waals surface area contributed by atoms with Gasteiger partial charge in [-0.1, -0.05) is 44.2 Å². The number of carbonyl (C=O) groups excluding carboxylic acids is 3. The summed E-state index contributed by atoms with van der Waals surface area (Å²) in [6.07, 6.45) is -0.0481. The number of anilines is 2. The molecule has 2 saturated heterocycles. The van der Waals surface area contributed by atoms with Crippen molar-refractivity contribution in [1.82, 2.24) is 25.0 Å². The van der Waals surface area contributed by atoms with Crippen LogP contribution in [0.2, 0.25) is 0 Å². The van der Waals surface area contributed by atoms with Crippen LogP contribution in [0.5, 0.6) is 23.0 Å². The summed E-state index contributed by atoms with van der Waals surface area (Å²) in [4.78, 5) is 50.8. The molecule has 8 rings (SSSR count). The highest BCUT2D eigenvalue weighted by Crippen LogP contribution is 2.40. The highest BCUT2D eigenvalue weighted by molar-refractivity contribution is 7.81. The van der Waals surface area contributed by atoms with Crippen LogP contribution in [0, 0.1) is 24.2 Å². The van der Waals surface area contributed by atoms with Crippen LogP contribution in [0.3, 0.4) is 0 Å². The lowest BCUT2D eigenvalue weighted by atomic mass is 10.0. The van der Waals surface area contributed by atoms with E-state index in [0.29, 0.717) is 41.9 Å². The summed E-state index contributed by atoms with van der Waals surface area (Å²) in [6, 6.07) is 25.1. The minimum absolute atomic E-state index is 0.00231. The molecule has 4 heterocycles. The van der Waals surface area contributed by atoms with Gasteiger partial charge >= 0.3 is 6.18 Å². The van der Waals surface area contributed by atoms with Gasteiger partial charge < -0.3 is 34.4 Å². The van der Waals surface area contributed by atoms with Gasteiger partial charge in [-0.05, 0) is 124 Å². The number of nitrogens with zero attached hydrogens (tertiary/aromatic N) is 7. The molecule has 4 aromatic carbocycles. The Morgan fingerprint density at radius 2 is 1.64 bits per heavy atom. The number of nitrogens with one attached hydrogen (secondary N) is 1. The Bertz CT molecular complexity index is 3050. The molecule has 2 aliphatic heterocycles. The third-order valence-corrected chi connectivity index (χ3v) is 14.2. The Labute approximate surface area is 436 Å². The van der Waals surface area contributed by atoms with Crippen molar-refractivity contribution in [3.8, 4) is 39.5 Å². The number of amides is 3. The van der Waals surface area contributed by atoms with Gasteiger partial charge in [-0.2, -0.15) is 23.5 Å². The first kappa shape index (κ1) is 53.0. The summed E-state index contributed by atoms with van der Waals surface area (Å²) in [6.45, 7) is 10.2. The van der Waals surface area contributed by atoms with Gasteiger partial charge in [-0.25, -0.2) is 4.98 Å². The number of aliphatic hydroxyl groups excluding tert-OH is 1. The minimum atomic E-state index is -4.80. The van der Waals surface area contributed by atoms with Gasteiger partial charge in [0.05, 0.1) is 70.7 Å². The van der Waals surface area contributed by atoms with Crippen LogP contribution in [0.15, 0.2) is 109 Å². The lowest BCUT2D eigenvalue weighted by Crippen LogP contribution is -2.49. The lowest BCUT2D eigenvalue weighted by Gasteiger charge is -2.30. The van der Waals surface area contributed by atoms with Crippen LogP contribution in [0.1, 0.15) is 81.8 Å². The quantitative estimate of drug-likeness (QED) is 0.0581. The largest absolute Gasteiger partial charge is 0.494 e. The van der Waals surface area contributed by atoms with Crippen LogP contribution >= 0.6 is 23.6 Å². The summed E-state index contributed by atoms with van der Waals surface area (Å²) in [7, 11) is 0. The summed E-state index contributed by atoms with van der Waals surface area (Å²) in [5, 5.41) is 27.3. The number of thiocarbonyl (C=S) groups is 1. The number of hydrogen-bond acceptors (Lipinski definition) is 12. The Morgan fingerprint density at radius 3 is 2.30 bits per heavy atom. The molecule has 0 radical (unpaired) electrons. The zero-order chi connectivity index (χ0) is 52.9. The van der Waals surface area contributed by atoms with Crippen molar-refractivity contribution in [3.05, 3.63) is 131 Å². The van der Waals surface area contributed by atoms with Gasteiger partial charge in [0.25, 0.3) is 5.91 Å². The molecular weight excluding hydrogens is 994 g/mol. The summed E-state index contributed by atoms with van der Waals surface area (Å²) in [5.41, 5.74) is 2.27. The SMILES string of the molecule is Cc1ncsc1-c1ccc(CNC(=O)[C@@H]2C[C@@H](O)CN2C(=O)[C@@H](C(C)C)n2cc(Oc3cccc(OCCCCCOc4ccc(N5C(=S)N(c6ccc(C#N)c(C(F)(F)F)c6)C(=O)C5(C)C)cc4)c3)cn2)cc1. The summed E-state index contributed by atoms with van der Waals surface area (Å²) < 4.78 is 60.9. The zero-order valence-corrected chi connectivity index (χ0v) is 43.0. The number of β-amino-alcohol motifs (C(OH)–C–C–N with tert-alkyl or cyclic N) is 1. The molecule has 0 aliphatic carbocycles. The van der Waals surface area contributed by atoms with E-state index in [1.165, 1.54) is 17.2 Å². The molecular formula is C54H55F3N8O7S2. The van der Waals surface area contributed by atoms with E-state index in [2.05, 4.69) is 15.4 Å². The molecule has 2 aromatic heterocycles. The maximum Gasteiger partial charge on any atom is 0.417 e. The van der Waals surface area contributed by atoms with E-state index in [1.54, 1.807) is 83.4 Å². The van der Waals surface area contributed by atoms with Gasteiger partial charge in [0, 0.05) is 31.3 Å². The number of alkyl halides is 3. The molecule has 6 aromatic rings. The van der Waals surface area contributed by atoms with Gasteiger partial charge in [-0.15, -0.1) is 11.3 Å². The van der Waals surface area contributed by atoms with Crippen molar-refractivity contribution in [2.24, 2.45) is 5.92 Å². The first-order valence-electron chi connectivity index (χ1n) is 24.1. The molecule has 20 heteroatoms. The molecule has 0 saturated carbocycles. The van der Waals surface area contributed by atoms with E-state index in [4.69, 9.17) is 26.4 Å². The summed E-state index contributed by atoms with van der Waals surface area (Å²) in [5.74, 6) is 0.710. The third kappa shape index (κ3) is 11.7. The van der Waals surface area contributed by atoms with Crippen LogP contribution in [0.25, 0.3) is 10.4 Å². The number of likely N-dealkylation sites (tertiary alicyclic amines) is 1. The molecule has 2 aliphatic rings.